The molecule has 0 aliphatic carbocycles. The summed E-state index contributed by atoms with van der Waals surface area (Å²) in [7, 11) is 0. The maximum atomic E-state index is 11.2. The highest BCUT2D eigenvalue weighted by molar-refractivity contribution is 9.09. The van der Waals surface area contributed by atoms with E-state index in [4.69, 9.17) is 4.74 Å². The summed E-state index contributed by atoms with van der Waals surface area (Å²) < 4.78 is 5.32. The minimum Gasteiger partial charge on any atom is -0.366 e. The molecule has 84 valence electrons. The van der Waals surface area contributed by atoms with Gasteiger partial charge in [0.15, 0.2) is 0 Å². The molecule has 0 aliphatic rings. The predicted molar refractivity (Wildman–Crippen MR) is 61.7 cm³/mol. The number of carbonyl (C=O) groups is 1. The Morgan fingerprint density at radius 1 is 1.50 bits per heavy atom. The van der Waals surface area contributed by atoms with Gasteiger partial charge in [0.2, 0.25) is 5.91 Å². The molecule has 1 unspecified atom stereocenters. The first-order chi connectivity index (χ1) is 6.31. The first-order valence-corrected chi connectivity index (χ1v) is 5.77. The third kappa shape index (κ3) is 9.99. The predicted octanol–water partition coefficient (Wildman–Crippen LogP) is 2.09. The van der Waals surface area contributed by atoms with Gasteiger partial charge in [-0.2, -0.15) is 0 Å². The Labute approximate surface area is 94.7 Å². The molecule has 1 N–H and O–H groups in total. The first kappa shape index (κ1) is 13.9. The second kappa shape index (κ2) is 6.40. The molecule has 1 atom stereocenters. The molecule has 1 amide bonds. The monoisotopic (exact) mass is 265 g/mol. The normalized spacial score (nSPS) is 13.8. The molecule has 0 radical (unpaired) electrons. The fraction of sp³-hybridized carbons (Fsp3) is 0.900. The molecular weight excluding hydrogens is 246 g/mol. The number of halogens is 1. The van der Waals surface area contributed by atoms with Crippen LogP contribution in [0.25, 0.3) is 0 Å². The van der Waals surface area contributed by atoms with Crippen molar-refractivity contribution in [3.05, 3.63) is 0 Å². The van der Waals surface area contributed by atoms with Gasteiger partial charge in [0.1, 0.15) is 6.61 Å². The lowest BCUT2D eigenvalue weighted by Crippen LogP contribution is -2.33. The minimum absolute atomic E-state index is 0.0481. The molecule has 4 heteroatoms. The van der Waals surface area contributed by atoms with E-state index in [9.17, 15) is 4.79 Å². The Balaban J connectivity index is 3.47. The van der Waals surface area contributed by atoms with E-state index in [0.29, 0.717) is 11.4 Å². The van der Waals surface area contributed by atoms with Crippen molar-refractivity contribution < 1.29 is 9.53 Å². The summed E-state index contributed by atoms with van der Waals surface area (Å²) in [6.45, 7) is 8.68. The highest BCUT2D eigenvalue weighted by atomic mass is 79.9. The van der Waals surface area contributed by atoms with Crippen LogP contribution in [0.4, 0.5) is 0 Å². The lowest BCUT2D eigenvalue weighted by atomic mass is 10.2. The zero-order chi connectivity index (χ0) is 11.2. The van der Waals surface area contributed by atoms with Crippen molar-refractivity contribution in [1.29, 1.82) is 0 Å². The van der Waals surface area contributed by atoms with Crippen LogP contribution in [0.15, 0.2) is 0 Å². The van der Waals surface area contributed by atoms with E-state index in [0.717, 1.165) is 6.42 Å². The van der Waals surface area contributed by atoms with Crippen molar-refractivity contribution in [1.82, 2.24) is 5.32 Å². The van der Waals surface area contributed by atoms with E-state index in [2.05, 4.69) is 28.2 Å². The quantitative estimate of drug-likeness (QED) is 0.774. The Morgan fingerprint density at radius 3 is 2.50 bits per heavy atom. The third-order valence-corrected chi connectivity index (χ3v) is 1.96. The zero-order valence-electron chi connectivity index (χ0n) is 9.39. The largest absolute Gasteiger partial charge is 0.366 e. The van der Waals surface area contributed by atoms with Gasteiger partial charge in [-0.1, -0.05) is 22.9 Å². The smallest absolute Gasteiger partial charge is 0.246 e. The van der Waals surface area contributed by atoms with Crippen LogP contribution in [0.3, 0.4) is 0 Å². The molecule has 14 heavy (non-hydrogen) atoms. The van der Waals surface area contributed by atoms with Gasteiger partial charge in [0, 0.05) is 11.4 Å². The SMILES string of the molecule is CC(Br)CCNC(=O)COC(C)(C)C. The number of alkyl halides is 1. The van der Waals surface area contributed by atoms with E-state index in [-0.39, 0.29) is 18.1 Å². The number of amides is 1. The fourth-order valence-electron chi connectivity index (χ4n) is 0.744. The maximum Gasteiger partial charge on any atom is 0.246 e. The summed E-state index contributed by atoms with van der Waals surface area (Å²) in [5, 5.41) is 2.79. The van der Waals surface area contributed by atoms with Crippen molar-refractivity contribution >= 4 is 21.8 Å². The van der Waals surface area contributed by atoms with Crippen molar-refractivity contribution in [2.75, 3.05) is 13.2 Å². The van der Waals surface area contributed by atoms with Gasteiger partial charge < -0.3 is 10.1 Å². The van der Waals surface area contributed by atoms with Crippen molar-refractivity contribution in [3.8, 4) is 0 Å². The van der Waals surface area contributed by atoms with Gasteiger partial charge in [0.25, 0.3) is 0 Å². The van der Waals surface area contributed by atoms with E-state index in [1.165, 1.54) is 0 Å². The second-order valence-electron chi connectivity index (χ2n) is 4.32. The van der Waals surface area contributed by atoms with E-state index in [1.54, 1.807) is 0 Å². The van der Waals surface area contributed by atoms with Gasteiger partial charge >= 0.3 is 0 Å². The molecule has 0 heterocycles. The molecule has 0 aliphatic heterocycles. The lowest BCUT2D eigenvalue weighted by molar-refractivity contribution is -0.130. The number of ether oxygens (including phenoxy) is 1. The van der Waals surface area contributed by atoms with E-state index in [1.807, 2.05) is 20.8 Å². The second-order valence-corrected chi connectivity index (χ2v) is 5.88. The summed E-state index contributed by atoms with van der Waals surface area (Å²) in [6, 6.07) is 0. The summed E-state index contributed by atoms with van der Waals surface area (Å²) in [5.41, 5.74) is -0.250. The van der Waals surface area contributed by atoms with Crippen molar-refractivity contribution in [3.63, 3.8) is 0 Å². The number of hydrogen-bond donors (Lipinski definition) is 1. The highest BCUT2D eigenvalue weighted by Crippen LogP contribution is 2.05. The topological polar surface area (TPSA) is 38.3 Å². The van der Waals surface area contributed by atoms with Crippen LogP contribution in [-0.4, -0.2) is 29.5 Å². The molecule has 3 nitrogen and oxygen atoms in total. The van der Waals surface area contributed by atoms with Crippen molar-refractivity contribution in [2.24, 2.45) is 0 Å². The molecular formula is C10H20BrNO2. The fourth-order valence-corrected chi connectivity index (χ4v) is 0.972. The first-order valence-electron chi connectivity index (χ1n) is 4.86. The van der Waals surface area contributed by atoms with E-state index < -0.39 is 0 Å². The summed E-state index contributed by atoms with van der Waals surface area (Å²) in [6.07, 6.45) is 0.932. The molecule has 0 aromatic heterocycles. The molecule has 0 fully saturated rings. The summed E-state index contributed by atoms with van der Waals surface area (Å²) >= 11 is 3.41. The number of hydrogen-bond acceptors (Lipinski definition) is 2. The third-order valence-electron chi connectivity index (χ3n) is 1.50. The van der Waals surface area contributed by atoms with Crippen molar-refractivity contribution in [2.45, 2.75) is 44.5 Å². The van der Waals surface area contributed by atoms with Gasteiger partial charge in [0.05, 0.1) is 5.60 Å². The number of nitrogens with one attached hydrogen (secondary N) is 1. The van der Waals surface area contributed by atoms with Crippen LogP contribution in [0.5, 0.6) is 0 Å². The van der Waals surface area contributed by atoms with Gasteiger partial charge in [-0.05, 0) is 27.2 Å². The average molecular weight is 266 g/mol. The van der Waals surface area contributed by atoms with Gasteiger partial charge in [-0.3, -0.25) is 4.79 Å². The molecule has 0 aromatic carbocycles. The van der Waals surface area contributed by atoms with Crippen LogP contribution in [0.1, 0.15) is 34.1 Å². The number of carbonyl (C=O) groups excluding carboxylic acids is 1. The Bertz CT molecular complexity index is 175. The van der Waals surface area contributed by atoms with Crippen LogP contribution >= 0.6 is 15.9 Å². The van der Waals surface area contributed by atoms with Crippen LogP contribution in [0, 0.1) is 0 Å². The summed E-state index contributed by atoms with van der Waals surface area (Å²) in [5.74, 6) is -0.0481. The minimum atomic E-state index is -0.250. The lowest BCUT2D eigenvalue weighted by Gasteiger charge is -2.19. The Kier molecular flexibility index (Phi) is 6.36. The zero-order valence-corrected chi connectivity index (χ0v) is 11.0. The molecule has 0 saturated heterocycles. The summed E-state index contributed by atoms with van der Waals surface area (Å²) in [4.78, 5) is 11.7. The van der Waals surface area contributed by atoms with Gasteiger partial charge in [-0.15, -0.1) is 0 Å². The molecule has 0 spiro atoms. The van der Waals surface area contributed by atoms with Crippen LogP contribution in [0.2, 0.25) is 0 Å². The average Bonchev–Trinajstić information content (AvgIpc) is 1.99. The molecule has 0 aromatic rings. The molecule has 0 rings (SSSR count). The molecule has 0 saturated carbocycles. The maximum absolute atomic E-state index is 11.2. The van der Waals surface area contributed by atoms with Gasteiger partial charge in [-0.25, -0.2) is 0 Å². The van der Waals surface area contributed by atoms with Crippen LogP contribution < -0.4 is 5.32 Å². The molecule has 0 bridgehead atoms. The van der Waals surface area contributed by atoms with E-state index >= 15 is 0 Å². The van der Waals surface area contributed by atoms with Crippen LogP contribution in [-0.2, 0) is 9.53 Å². The Hall–Kier alpha value is -0.0900. The Morgan fingerprint density at radius 2 is 2.07 bits per heavy atom. The standard InChI is InChI=1S/C10H20BrNO2/c1-8(11)5-6-12-9(13)7-14-10(2,3)4/h8H,5-7H2,1-4H3,(H,12,13). The highest BCUT2D eigenvalue weighted by Gasteiger charge is 2.12. The number of rotatable bonds is 5.